The number of amides is 1. The molecule has 2 aromatic rings. The maximum Gasteiger partial charge on any atom is 0.281 e. The monoisotopic (exact) mass is 319 g/mol. The number of carbonyl (C=O) groups excluding carboxylic acids is 1. The summed E-state index contributed by atoms with van der Waals surface area (Å²) in [5, 5.41) is 8.74. The first-order valence-corrected chi connectivity index (χ1v) is 6.77. The van der Waals surface area contributed by atoms with Gasteiger partial charge < -0.3 is 9.47 Å². The van der Waals surface area contributed by atoms with E-state index in [-0.39, 0.29) is 12.1 Å². The Morgan fingerprint density at radius 1 is 1.30 bits per heavy atom. The van der Waals surface area contributed by atoms with Crippen molar-refractivity contribution in [2.24, 2.45) is 0 Å². The molecule has 1 aromatic carbocycles. The summed E-state index contributed by atoms with van der Waals surface area (Å²) >= 11 is 0. The lowest BCUT2D eigenvalue weighted by atomic mass is 10.2. The molecule has 2 N–H and O–H groups in total. The van der Waals surface area contributed by atoms with Gasteiger partial charge >= 0.3 is 0 Å². The molecular weight excluding hydrogens is 302 g/mol. The highest BCUT2D eigenvalue weighted by Crippen LogP contribution is 2.16. The lowest BCUT2D eigenvalue weighted by molar-refractivity contribution is -0.111. The van der Waals surface area contributed by atoms with E-state index in [4.69, 9.17) is 14.7 Å². The van der Waals surface area contributed by atoms with Crippen LogP contribution in [0.3, 0.4) is 0 Å². The SMILES string of the molecule is COC(Cn1c(-c2ccccc2)ncc(C(=O)NO)c1=O)OC. The molecule has 1 aromatic heterocycles. The second-order valence-electron chi connectivity index (χ2n) is 4.62. The van der Waals surface area contributed by atoms with Gasteiger partial charge in [0.25, 0.3) is 11.5 Å². The number of benzene rings is 1. The number of nitrogens with zero attached hydrogens (tertiary/aromatic N) is 2. The third-order valence-electron chi connectivity index (χ3n) is 3.28. The van der Waals surface area contributed by atoms with E-state index < -0.39 is 17.8 Å². The van der Waals surface area contributed by atoms with Crippen LogP contribution in [0.1, 0.15) is 10.4 Å². The standard InChI is InChI=1S/C15H17N3O5/c1-22-12(23-2)9-18-13(10-6-4-3-5-7-10)16-8-11(15(18)20)14(19)17-21/h3-8,12,21H,9H2,1-2H3,(H,17,19). The third-order valence-corrected chi connectivity index (χ3v) is 3.28. The fourth-order valence-corrected chi connectivity index (χ4v) is 2.09. The van der Waals surface area contributed by atoms with Crippen LogP contribution < -0.4 is 11.0 Å². The van der Waals surface area contributed by atoms with Crippen LogP contribution in [0.25, 0.3) is 11.4 Å². The summed E-state index contributed by atoms with van der Waals surface area (Å²) in [6.07, 6.45) is 0.436. The summed E-state index contributed by atoms with van der Waals surface area (Å²) in [7, 11) is 2.89. The van der Waals surface area contributed by atoms with Crippen LogP contribution in [0.4, 0.5) is 0 Å². The summed E-state index contributed by atoms with van der Waals surface area (Å²) < 4.78 is 11.5. The van der Waals surface area contributed by atoms with Crippen molar-refractivity contribution in [1.29, 1.82) is 0 Å². The van der Waals surface area contributed by atoms with Gasteiger partial charge in [-0.1, -0.05) is 30.3 Å². The molecule has 0 aliphatic carbocycles. The zero-order valence-corrected chi connectivity index (χ0v) is 12.7. The molecule has 0 aliphatic heterocycles. The quantitative estimate of drug-likeness (QED) is 0.460. The number of hydroxylamine groups is 1. The summed E-state index contributed by atoms with van der Waals surface area (Å²) in [6, 6.07) is 9.04. The van der Waals surface area contributed by atoms with Crippen LogP contribution in [-0.2, 0) is 16.0 Å². The van der Waals surface area contributed by atoms with Crippen LogP contribution >= 0.6 is 0 Å². The van der Waals surface area contributed by atoms with Crippen molar-refractivity contribution in [2.75, 3.05) is 14.2 Å². The summed E-state index contributed by atoms with van der Waals surface area (Å²) in [6.45, 7) is 0.0373. The van der Waals surface area contributed by atoms with E-state index in [1.807, 2.05) is 18.2 Å². The molecule has 122 valence electrons. The van der Waals surface area contributed by atoms with Crippen molar-refractivity contribution in [3.8, 4) is 11.4 Å². The van der Waals surface area contributed by atoms with Crippen LogP contribution in [-0.4, -0.2) is 41.2 Å². The van der Waals surface area contributed by atoms with Crippen LogP contribution in [0.5, 0.6) is 0 Å². The van der Waals surface area contributed by atoms with Crippen LogP contribution in [0.2, 0.25) is 0 Å². The van der Waals surface area contributed by atoms with E-state index in [1.165, 1.54) is 24.3 Å². The van der Waals surface area contributed by atoms with Crippen molar-refractivity contribution >= 4 is 5.91 Å². The normalized spacial score (nSPS) is 10.8. The Hall–Kier alpha value is -2.55. The Morgan fingerprint density at radius 3 is 2.52 bits per heavy atom. The predicted molar refractivity (Wildman–Crippen MR) is 81.0 cm³/mol. The zero-order chi connectivity index (χ0) is 16.8. The summed E-state index contributed by atoms with van der Waals surface area (Å²) in [5.41, 5.74) is 1.25. The van der Waals surface area contributed by atoms with Crippen molar-refractivity contribution < 1.29 is 19.5 Å². The van der Waals surface area contributed by atoms with Gasteiger partial charge in [0.1, 0.15) is 11.4 Å². The molecule has 0 radical (unpaired) electrons. The van der Waals surface area contributed by atoms with E-state index in [2.05, 4.69) is 4.98 Å². The molecule has 0 bridgehead atoms. The van der Waals surface area contributed by atoms with Gasteiger partial charge in [0.2, 0.25) is 0 Å². The molecule has 1 amide bonds. The highest BCUT2D eigenvalue weighted by molar-refractivity contribution is 5.92. The summed E-state index contributed by atoms with van der Waals surface area (Å²) in [5.74, 6) is -0.563. The van der Waals surface area contributed by atoms with Gasteiger partial charge in [0.15, 0.2) is 6.29 Å². The van der Waals surface area contributed by atoms with Gasteiger partial charge in [-0.25, -0.2) is 10.5 Å². The second kappa shape index (κ2) is 7.63. The molecule has 23 heavy (non-hydrogen) atoms. The number of rotatable bonds is 6. The fraction of sp³-hybridized carbons (Fsp3) is 0.267. The molecule has 0 spiro atoms. The molecule has 0 unspecified atom stereocenters. The molecular formula is C15H17N3O5. The Kier molecular flexibility index (Phi) is 5.58. The molecule has 0 aliphatic rings. The predicted octanol–water partition coefficient (Wildman–Crippen LogP) is 0.648. The molecule has 2 rings (SSSR count). The molecule has 0 saturated heterocycles. The Morgan fingerprint density at radius 2 is 1.96 bits per heavy atom. The number of carbonyl (C=O) groups is 1. The number of hydrogen-bond donors (Lipinski definition) is 2. The first kappa shape index (κ1) is 16.8. The number of methoxy groups -OCH3 is 2. The Bertz CT molecular complexity index is 726. The van der Waals surface area contributed by atoms with Gasteiger partial charge in [-0.05, 0) is 0 Å². The number of ether oxygens (including phenoxy) is 2. The molecule has 8 heteroatoms. The van der Waals surface area contributed by atoms with Gasteiger partial charge in [0.05, 0.1) is 6.54 Å². The lowest BCUT2D eigenvalue weighted by Crippen LogP contribution is -2.36. The topological polar surface area (TPSA) is 103 Å². The Labute approximate surface area is 132 Å². The number of nitrogens with one attached hydrogen (secondary N) is 1. The first-order valence-electron chi connectivity index (χ1n) is 6.77. The molecule has 0 atom stereocenters. The van der Waals surface area contributed by atoms with Crippen LogP contribution in [0.15, 0.2) is 41.3 Å². The maximum absolute atomic E-state index is 12.6. The number of hydrogen-bond acceptors (Lipinski definition) is 6. The first-order chi connectivity index (χ1) is 11.1. The highest BCUT2D eigenvalue weighted by Gasteiger charge is 2.19. The van der Waals surface area contributed by atoms with Crippen molar-refractivity contribution in [2.45, 2.75) is 12.8 Å². The second-order valence-corrected chi connectivity index (χ2v) is 4.62. The van der Waals surface area contributed by atoms with Crippen molar-refractivity contribution in [3.63, 3.8) is 0 Å². The zero-order valence-electron chi connectivity index (χ0n) is 12.7. The minimum atomic E-state index is -0.928. The van der Waals surface area contributed by atoms with Crippen molar-refractivity contribution in [1.82, 2.24) is 15.0 Å². The van der Waals surface area contributed by atoms with E-state index >= 15 is 0 Å². The summed E-state index contributed by atoms with van der Waals surface area (Å²) in [4.78, 5) is 28.3. The molecule has 0 fully saturated rings. The highest BCUT2D eigenvalue weighted by atomic mass is 16.7. The van der Waals surface area contributed by atoms with E-state index in [0.717, 1.165) is 6.20 Å². The lowest BCUT2D eigenvalue weighted by Gasteiger charge is -2.18. The maximum atomic E-state index is 12.6. The third kappa shape index (κ3) is 3.62. The molecule has 0 saturated carbocycles. The average Bonchev–Trinajstić information content (AvgIpc) is 2.60. The van der Waals surface area contributed by atoms with Crippen molar-refractivity contribution in [3.05, 3.63) is 52.4 Å². The average molecular weight is 319 g/mol. The van der Waals surface area contributed by atoms with E-state index in [1.54, 1.807) is 12.1 Å². The largest absolute Gasteiger partial charge is 0.354 e. The van der Waals surface area contributed by atoms with E-state index in [9.17, 15) is 9.59 Å². The van der Waals surface area contributed by atoms with Gasteiger partial charge in [-0.3, -0.25) is 19.4 Å². The van der Waals surface area contributed by atoms with Gasteiger partial charge in [-0.2, -0.15) is 0 Å². The smallest absolute Gasteiger partial charge is 0.281 e. The van der Waals surface area contributed by atoms with Crippen LogP contribution in [0, 0.1) is 0 Å². The Balaban J connectivity index is 2.60. The fourth-order valence-electron chi connectivity index (χ4n) is 2.09. The molecule has 8 nitrogen and oxygen atoms in total. The minimum Gasteiger partial charge on any atom is -0.354 e. The van der Waals surface area contributed by atoms with E-state index in [0.29, 0.717) is 11.4 Å². The minimum absolute atomic E-state index is 0.0373. The molecule has 1 heterocycles. The van der Waals surface area contributed by atoms with Gasteiger partial charge in [0, 0.05) is 26.0 Å². The number of aromatic nitrogens is 2. The van der Waals surface area contributed by atoms with Gasteiger partial charge in [-0.15, -0.1) is 0 Å².